The molecule has 0 radical (unpaired) electrons. The number of para-hydroxylation sites is 1. The number of nitrogens with zero attached hydrogens (tertiary/aromatic N) is 2. The summed E-state index contributed by atoms with van der Waals surface area (Å²) in [5.41, 5.74) is 2.02. The summed E-state index contributed by atoms with van der Waals surface area (Å²) in [6, 6.07) is 21.6. The lowest BCUT2D eigenvalue weighted by molar-refractivity contribution is -0.384. The molecule has 0 fully saturated rings. The average Bonchev–Trinajstić information content (AvgIpc) is 2.78. The van der Waals surface area contributed by atoms with Crippen molar-refractivity contribution in [2.24, 2.45) is 0 Å². The lowest BCUT2D eigenvalue weighted by Crippen LogP contribution is -2.20. The number of benzene rings is 3. The van der Waals surface area contributed by atoms with E-state index in [0.717, 1.165) is 0 Å². The molecule has 0 heterocycles. The molecule has 0 bridgehead atoms. The molecule has 7 nitrogen and oxygen atoms in total. The van der Waals surface area contributed by atoms with Gasteiger partial charge in [0.1, 0.15) is 5.75 Å². The van der Waals surface area contributed by atoms with Crippen LogP contribution in [0.1, 0.15) is 11.1 Å². The molecule has 1 amide bonds. The van der Waals surface area contributed by atoms with E-state index in [1.807, 2.05) is 0 Å². The minimum atomic E-state index is -0.498. The number of amides is 1. The summed E-state index contributed by atoms with van der Waals surface area (Å²) in [4.78, 5) is 22.4. The summed E-state index contributed by atoms with van der Waals surface area (Å²) >= 11 is 6.02. The van der Waals surface area contributed by atoms with Crippen LogP contribution < -0.4 is 10.1 Å². The smallest absolute Gasteiger partial charge is 0.269 e. The molecule has 0 spiro atoms. The second-order valence-corrected chi connectivity index (χ2v) is 6.77. The number of nitrogens with one attached hydrogen (secondary N) is 1. The molecule has 0 aromatic heterocycles. The second kappa shape index (κ2) is 10.1. The van der Waals surface area contributed by atoms with E-state index in [1.165, 1.54) is 24.3 Å². The van der Waals surface area contributed by atoms with E-state index < -0.39 is 4.92 Å². The number of carbonyl (C=O) groups excluding carboxylic acids is 1. The maximum atomic E-state index is 12.1. The molecule has 0 aliphatic heterocycles. The Morgan fingerprint density at radius 1 is 1.13 bits per heavy atom. The first-order valence-corrected chi connectivity index (χ1v) is 9.48. The molecule has 0 saturated heterocycles. The van der Waals surface area contributed by atoms with Gasteiger partial charge in [0.05, 0.1) is 27.3 Å². The first-order valence-electron chi connectivity index (χ1n) is 9.10. The van der Waals surface area contributed by atoms with Crippen LogP contribution in [-0.2, 0) is 4.79 Å². The maximum absolute atomic E-state index is 12.1. The molecule has 8 heteroatoms. The average molecular weight is 434 g/mol. The van der Waals surface area contributed by atoms with Crippen molar-refractivity contribution in [1.29, 1.82) is 5.26 Å². The van der Waals surface area contributed by atoms with Gasteiger partial charge in [0.2, 0.25) is 0 Å². The van der Waals surface area contributed by atoms with Crippen LogP contribution >= 0.6 is 11.6 Å². The summed E-state index contributed by atoms with van der Waals surface area (Å²) in [6.07, 6.45) is 1.64. The molecule has 3 aromatic carbocycles. The van der Waals surface area contributed by atoms with Crippen LogP contribution in [0.4, 0.5) is 11.4 Å². The monoisotopic (exact) mass is 433 g/mol. The number of non-ortho nitro benzene ring substituents is 1. The summed E-state index contributed by atoms with van der Waals surface area (Å²) in [5, 5.41) is 23.4. The summed E-state index contributed by atoms with van der Waals surface area (Å²) in [7, 11) is 0. The minimum absolute atomic E-state index is 0.0495. The zero-order chi connectivity index (χ0) is 22.2. The first kappa shape index (κ1) is 21.6. The molecule has 0 aliphatic rings. The molecule has 3 rings (SSSR count). The van der Waals surface area contributed by atoms with E-state index in [1.54, 1.807) is 54.6 Å². The number of nitriles is 1. The van der Waals surface area contributed by atoms with Gasteiger partial charge in [0.25, 0.3) is 11.6 Å². The molecular formula is C23H16ClN3O4. The Morgan fingerprint density at radius 2 is 1.87 bits per heavy atom. The van der Waals surface area contributed by atoms with Crippen LogP contribution in [0.25, 0.3) is 11.6 Å². The van der Waals surface area contributed by atoms with Crippen molar-refractivity contribution in [2.45, 2.75) is 0 Å². The van der Waals surface area contributed by atoms with Gasteiger partial charge in [0.15, 0.2) is 6.61 Å². The van der Waals surface area contributed by atoms with Crippen LogP contribution in [0.3, 0.4) is 0 Å². The Morgan fingerprint density at radius 3 is 2.55 bits per heavy atom. The number of carbonyl (C=O) groups is 1. The van der Waals surface area contributed by atoms with E-state index in [0.29, 0.717) is 33.2 Å². The van der Waals surface area contributed by atoms with Crippen molar-refractivity contribution in [3.8, 4) is 11.8 Å². The number of nitro benzene ring substituents is 1. The molecule has 154 valence electrons. The van der Waals surface area contributed by atoms with Crippen molar-refractivity contribution in [1.82, 2.24) is 0 Å². The van der Waals surface area contributed by atoms with Crippen molar-refractivity contribution in [2.75, 3.05) is 11.9 Å². The minimum Gasteiger partial charge on any atom is -0.484 e. The molecule has 0 saturated carbocycles. The van der Waals surface area contributed by atoms with Gasteiger partial charge in [0, 0.05) is 12.1 Å². The van der Waals surface area contributed by atoms with Gasteiger partial charge in [-0.3, -0.25) is 14.9 Å². The van der Waals surface area contributed by atoms with Gasteiger partial charge in [-0.05, 0) is 53.6 Å². The predicted octanol–water partition coefficient (Wildman–Crippen LogP) is 5.33. The molecule has 1 N–H and O–H groups in total. The summed E-state index contributed by atoms with van der Waals surface area (Å²) < 4.78 is 5.54. The highest BCUT2D eigenvalue weighted by molar-refractivity contribution is 6.33. The van der Waals surface area contributed by atoms with Crippen LogP contribution in [0.2, 0.25) is 5.02 Å². The van der Waals surface area contributed by atoms with Crippen molar-refractivity contribution in [3.63, 3.8) is 0 Å². The third-order valence-electron chi connectivity index (χ3n) is 4.20. The van der Waals surface area contributed by atoms with Crippen molar-refractivity contribution in [3.05, 3.63) is 99.1 Å². The highest BCUT2D eigenvalue weighted by Crippen LogP contribution is 2.23. The lowest BCUT2D eigenvalue weighted by atomic mass is 10.0. The molecular weight excluding hydrogens is 418 g/mol. The SMILES string of the molecule is N#C/C(=C\c1cccc(OCC(=O)Nc2ccccc2Cl)c1)c1ccc([N+](=O)[O-])cc1. The Balaban J connectivity index is 1.69. The van der Waals surface area contributed by atoms with E-state index in [-0.39, 0.29) is 18.2 Å². The number of hydrogen-bond donors (Lipinski definition) is 1. The lowest BCUT2D eigenvalue weighted by Gasteiger charge is -2.09. The number of halogens is 1. The normalized spacial score (nSPS) is 10.8. The molecule has 31 heavy (non-hydrogen) atoms. The van der Waals surface area contributed by atoms with Crippen molar-refractivity contribution >= 4 is 40.5 Å². The van der Waals surface area contributed by atoms with Crippen LogP contribution in [0.15, 0.2) is 72.8 Å². The molecule has 0 aliphatic carbocycles. The topological polar surface area (TPSA) is 105 Å². The van der Waals surface area contributed by atoms with Crippen molar-refractivity contribution < 1.29 is 14.5 Å². The van der Waals surface area contributed by atoms with Gasteiger partial charge in [-0.25, -0.2) is 0 Å². The van der Waals surface area contributed by atoms with Gasteiger partial charge >= 0.3 is 0 Å². The third-order valence-corrected chi connectivity index (χ3v) is 4.53. The number of ether oxygens (including phenoxy) is 1. The van der Waals surface area contributed by atoms with Crippen LogP contribution in [0.5, 0.6) is 5.75 Å². The molecule has 0 atom stereocenters. The van der Waals surface area contributed by atoms with E-state index >= 15 is 0 Å². The number of allylic oxidation sites excluding steroid dienone is 1. The highest BCUT2D eigenvalue weighted by Gasteiger charge is 2.09. The van der Waals surface area contributed by atoms with E-state index in [9.17, 15) is 20.2 Å². The Labute approximate surface area is 183 Å². The largest absolute Gasteiger partial charge is 0.484 e. The van der Waals surface area contributed by atoms with Gasteiger partial charge in [-0.15, -0.1) is 0 Å². The summed E-state index contributed by atoms with van der Waals surface area (Å²) in [6.45, 7) is -0.216. The molecule has 0 unspecified atom stereocenters. The zero-order valence-corrected chi connectivity index (χ0v) is 16.9. The number of hydrogen-bond acceptors (Lipinski definition) is 5. The predicted molar refractivity (Wildman–Crippen MR) is 119 cm³/mol. The van der Waals surface area contributed by atoms with Gasteiger partial charge < -0.3 is 10.1 Å². The van der Waals surface area contributed by atoms with E-state index in [2.05, 4.69) is 11.4 Å². The maximum Gasteiger partial charge on any atom is 0.269 e. The van der Waals surface area contributed by atoms with Crippen LogP contribution in [-0.4, -0.2) is 17.4 Å². The fourth-order valence-corrected chi connectivity index (χ4v) is 2.88. The highest BCUT2D eigenvalue weighted by atomic mass is 35.5. The Hall–Kier alpha value is -4.15. The number of anilines is 1. The number of rotatable bonds is 7. The fraction of sp³-hybridized carbons (Fsp3) is 0.0435. The van der Waals surface area contributed by atoms with Crippen LogP contribution in [0, 0.1) is 21.4 Å². The standard InChI is InChI=1S/C23H16ClN3O4/c24-21-6-1-2-7-22(21)26-23(28)15-31-20-5-3-4-16(13-20)12-18(14-25)17-8-10-19(11-9-17)27(29)30/h1-13H,15H2,(H,26,28)/b18-12+. The first-order chi connectivity index (χ1) is 15.0. The molecule has 3 aromatic rings. The van der Waals surface area contributed by atoms with Gasteiger partial charge in [-0.1, -0.05) is 35.9 Å². The fourth-order valence-electron chi connectivity index (χ4n) is 2.70. The Kier molecular flexibility index (Phi) is 6.99. The Bertz CT molecular complexity index is 1180. The quantitative estimate of drug-likeness (QED) is 0.234. The summed E-state index contributed by atoms with van der Waals surface area (Å²) in [5.74, 6) is 0.0849. The van der Waals surface area contributed by atoms with Gasteiger partial charge in [-0.2, -0.15) is 5.26 Å². The zero-order valence-electron chi connectivity index (χ0n) is 16.1. The van der Waals surface area contributed by atoms with E-state index in [4.69, 9.17) is 16.3 Å². The second-order valence-electron chi connectivity index (χ2n) is 6.36. The number of nitro groups is 1. The third kappa shape index (κ3) is 5.92.